The lowest BCUT2D eigenvalue weighted by Gasteiger charge is -2.33. The molecule has 0 spiro atoms. The second-order valence-corrected chi connectivity index (χ2v) is 6.21. The van der Waals surface area contributed by atoms with Gasteiger partial charge in [-0.05, 0) is 51.3 Å². The van der Waals surface area contributed by atoms with Crippen LogP contribution in [0.15, 0.2) is 12.1 Å². The summed E-state index contributed by atoms with van der Waals surface area (Å²) in [6.45, 7) is 6.97. The lowest BCUT2D eigenvalue weighted by atomic mass is 10.0. The number of carbonyl (C=O) groups excluding carboxylic acids is 2. The molecule has 5 nitrogen and oxygen atoms in total. The molecule has 0 aliphatic carbocycles. The molecule has 0 bridgehead atoms. The molecular formula is C17H25N3O2. The van der Waals surface area contributed by atoms with E-state index in [1.54, 1.807) is 0 Å². The summed E-state index contributed by atoms with van der Waals surface area (Å²) in [5.41, 5.74) is 9.58. The summed E-state index contributed by atoms with van der Waals surface area (Å²) >= 11 is 0. The molecule has 1 aromatic rings. The van der Waals surface area contributed by atoms with Gasteiger partial charge in [-0.15, -0.1) is 0 Å². The zero-order chi connectivity index (χ0) is 16.3. The Bertz CT molecular complexity index is 560. The van der Waals surface area contributed by atoms with E-state index in [1.165, 1.54) is 5.56 Å². The third-order valence-electron chi connectivity index (χ3n) is 4.23. The average Bonchev–Trinajstić information content (AvgIpc) is 2.43. The van der Waals surface area contributed by atoms with Gasteiger partial charge in [-0.25, -0.2) is 0 Å². The van der Waals surface area contributed by atoms with Crippen LogP contribution in [-0.4, -0.2) is 35.8 Å². The molecule has 1 aliphatic rings. The van der Waals surface area contributed by atoms with Crippen LogP contribution in [0, 0.1) is 20.8 Å². The second-order valence-electron chi connectivity index (χ2n) is 6.21. The molecule has 1 heterocycles. The van der Waals surface area contributed by atoms with Gasteiger partial charge in [-0.3, -0.25) is 14.5 Å². The van der Waals surface area contributed by atoms with Gasteiger partial charge in [0.15, 0.2) is 0 Å². The summed E-state index contributed by atoms with van der Waals surface area (Å²) in [7, 11) is 0. The van der Waals surface area contributed by atoms with E-state index in [1.807, 2.05) is 25.7 Å². The Kier molecular flexibility index (Phi) is 5.19. The molecule has 1 fully saturated rings. The summed E-state index contributed by atoms with van der Waals surface area (Å²) in [4.78, 5) is 25.7. The van der Waals surface area contributed by atoms with Crippen LogP contribution in [0.4, 0.5) is 5.69 Å². The smallest absolute Gasteiger partial charge is 0.238 e. The first-order chi connectivity index (χ1) is 10.4. The van der Waals surface area contributed by atoms with Crippen molar-refractivity contribution in [3.05, 3.63) is 28.8 Å². The van der Waals surface area contributed by atoms with E-state index in [4.69, 9.17) is 5.73 Å². The van der Waals surface area contributed by atoms with Gasteiger partial charge < -0.3 is 11.1 Å². The fourth-order valence-electron chi connectivity index (χ4n) is 3.24. The van der Waals surface area contributed by atoms with Crippen LogP contribution in [0.5, 0.6) is 0 Å². The van der Waals surface area contributed by atoms with Crippen molar-refractivity contribution < 1.29 is 9.59 Å². The number of nitrogens with one attached hydrogen (secondary N) is 1. The van der Waals surface area contributed by atoms with E-state index in [2.05, 4.69) is 17.4 Å². The number of hydrogen-bond acceptors (Lipinski definition) is 3. The van der Waals surface area contributed by atoms with Gasteiger partial charge in [0, 0.05) is 5.69 Å². The molecule has 0 unspecified atom stereocenters. The van der Waals surface area contributed by atoms with Crippen molar-refractivity contribution in [1.29, 1.82) is 0 Å². The Morgan fingerprint density at radius 1 is 1.23 bits per heavy atom. The van der Waals surface area contributed by atoms with Crippen LogP contribution in [0.1, 0.15) is 36.0 Å². The summed E-state index contributed by atoms with van der Waals surface area (Å²) in [6, 6.07) is 3.78. The Morgan fingerprint density at radius 3 is 2.45 bits per heavy atom. The van der Waals surface area contributed by atoms with E-state index >= 15 is 0 Å². The van der Waals surface area contributed by atoms with Gasteiger partial charge in [-0.2, -0.15) is 0 Å². The highest BCUT2D eigenvalue weighted by molar-refractivity contribution is 5.94. The third-order valence-corrected chi connectivity index (χ3v) is 4.23. The fraction of sp³-hybridized carbons (Fsp3) is 0.529. The van der Waals surface area contributed by atoms with Gasteiger partial charge in [0.05, 0.1) is 12.6 Å². The highest BCUT2D eigenvalue weighted by Gasteiger charge is 2.28. The molecule has 1 atom stereocenters. The van der Waals surface area contributed by atoms with Gasteiger partial charge in [0.25, 0.3) is 0 Å². The van der Waals surface area contributed by atoms with E-state index in [0.29, 0.717) is 0 Å². The predicted octanol–water partition coefficient (Wildman–Crippen LogP) is 1.89. The van der Waals surface area contributed by atoms with Crippen LogP contribution >= 0.6 is 0 Å². The number of benzene rings is 1. The van der Waals surface area contributed by atoms with Crippen LogP contribution in [0.3, 0.4) is 0 Å². The van der Waals surface area contributed by atoms with Crippen LogP contribution in [-0.2, 0) is 9.59 Å². The van der Waals surface area contributed by atoms with Crippen LogP contribution in [0.2, 0.25) is 0 Å². The molecule has 0 saturated carbocycles. The molecule has 1 aliphatic heterocycles. The van der Waals surface area contributed by atoms with Gasteiger partial charge >= 0.3 is 0 Å². The minimum absolute atomic E-state index is 0.0943. The Labute approximate surface area is 131 Å². The summed E-state index contributed by atoms with van der Waals surface area (Å²) < 4.78 is 0. The van der Waals surface area contributed by atoms with Gasteiger partial charge in [0.2, 0.25) is 11.8 Å². The maximum Gasteiger partial charge on any atom is 0.238 e. The number of likely N-dealkylation sites (tertiary alicyclic amines) is 1. The first kappa shape index (κ1) is 16.5. The number of hydrogen-bond donors (Lipinski definition) is 2. The number of carbonyl (C=O) groups is 2. The topological polar surface area (TPSA) is 75.4 Å². The molecule has 1 aromatic carbocycles. The number of aryl methyl sites for hydroxylation is 3. The highest BCUT2D eigenvalue weighted by Crippen LogP contribution is 2.22. The fourth-order valence-corrected chi connectivity index (χ4v) is 3.24. The van der Waals surface area contributed by atoms with Gasteiger partial charge in [0.1, 0.15) is 0 Å². The number of rotatable bonds is 4. The van der Waals surface area contributed by atoms with E-state index in [9.17, 15) is 9.59 Å². The van der Waals surface area contributed by atoms with Crippen molar-refractivity contribution in [1.82, 2.24) is 4.90 Å². The maximum atomic E-state index is 12.3. The van der Waals surface area contributed by atoms with Crippen molar-refractivity contribution >= 4 is 17.5 Å². The molecule has 120 valence electrons. The Hall–Kier alpha value is -1.88. The Morgan fingerprint density at radius 2 is 1.86 bits per heavy atom. The van der Waals surface area contributed by atoms with Crippen molar-refractivity contribution in [2.24, 2.45) is 5.73 Å². The van der Waals surface area contributed by atoms with Crippen LogP contribution in [0.25, 0.3) is 0 Å². The van der Waals surface area contributed by atoms with Gasteiger partial charge in [-0.1, -0.05) is 24.1 Å². The molecule has 0 radical (unpaired) electrons. The molecule has 22 heavy (non-hydrogen) atoms. The van der Waals surface area contributed by atoms with E-state index < -0.39 is 0 Å². The first-order valence-electron chi connectivity index (χ1n) is 7.79. The maximum absolute atomic E-state index is 12.3. The minimum Gasteiger partial charge on any atom is -0.368 e. The molecule has 0 aromatic heterocycles. The largest absolute Gasteiger partial charge is 0.368 e. The normalized spacial score (nSPS) is 19.0. The van der Waals surface area contributed by atoms with Crippen molar-refractivity contribution in [2.45, 2.75) is 46.1 Å². The van der Waals surface area contributed by atoms with Crippen molar-refractivity contribution in [3.63, 3.8) is 0 Å². The van der Waals surface area contributed by atoms with E-state index in [0.717, 1.165) is 42.6 Å². The lowest BCUT2D eigenvalue weighted by molar-refractivity contribution is -0.126. The Balaban J connectivity index is 2.05. The van der Waals surface area contributed by atoms with Crippen molar-refractivity contribution in [3.8, 4) is 0 Å². The van der Waals surface area contributed by atoms with Crippen molar-refractivity contribution in [2.75, 3.05) is 18.4 Å². The third kappa shape index (κ3) is 3.85. The molecule has 5 heteroatoms. The molecule has 2 amide bonds. The summed E-state index contributed by atoms with van der Waals surface area (Å²) in [6.07, 6.45) is 2.73. The molecule has 1 saturated heterocycles. The SMILES string of the molecule is Cc1cc(C)c(NC(=O)CN2CCCC[C@@H]2C(N)=O)c(C)c1. The number of nitrogens with zero attached hydrogens (tertiary/aromatic N) is 1. The number of amides is 2. The second kappa shape index (κ2) is 6.92. The molecule has 2 rings (SSSR count). The zero-order valence-corrected chi connectivity index (χ0v) is 13.6. The lowest BCUT2D eigenvalue weighted by Crippen LogP contribution is -2.50. The molecular weight excluding hydrogens is 278 g/mol. The minimum atomic E-state index is -0.338. The average molecular weight is 303 g/mol. The first-order valence-corrected chi connectivity index (χ1v) is 7.79. The standard InChI is InChI=1S/C17H25N3O2/c1-11-8-12(2)16(13(3)9-11)19-15(21)10-20-7-5-4-6-14(20)17(18)22/h8-9,14H,4-7,10H2,1-3H3,(H2,18,22)(H,19,21)/t14-/m1/s1. The summed E-state index contributed by atoms with van der Waals surface area (Å²) in [5, 5.41) is 2.98. The molecule has 3 N–H and O–H groups in total. The number of piperidine rings is 1. The number of anilines is 1. The van der Waals surface area contributed by atoms with E-state index in [-0.39, 0.29) is 24.4 Å². The van der Waals surface area contributed by atoms with Crippen LogP contribution < -0.4 is 11.1 Å². The number of primary amides is 1. The highest BCUT2D eigenvalue weighted by atomic mass is 16.2. The zero-order valence-electron chi connectivity index (χ0n) is 13.6. The quantitative estimate of drug-likeness (QED) is 0.892. The number of nitrogens with two attached hydrogens (primary N) is 1. The summed E-state index contributed by atoms with van der Waals surface area (Å²) in [5.74, 6) is -0.432. The monoisotopic (exact) mass is 303 g/mol. The predicted molar refractivity (Wildman–Crippen MR) is 87.7 cm³/mol.